The molecule has 2 aromatic carbocycles. The summed E-state index contributed by atoms with van der Waals surface area (Å²) >= 11 is 0. The number of carbonyl (C=O) groups excluding carboxylic acids is 1. The van der Waals surface area contributed by atoms with Crippen molar-refractivity contribution < 1.29 is 17.9 Å². The van der Waals surface area contributed by atoms with E-state index in [2.05, 4.69) is 0 Å². The Balaban J connectivity index is 1.62. The van der Waals surface area contributed by atoms with Crippen LogP contribution in [0, 0.1) is 13.8 Å². The molecule has 0 spiro atoms. The molecule has 0 radical (unpaired) electrons. The van der Waals surface area contributed by atoms with Gasteiger partial charge in [0.05, 0.1) is 10.5 Å². The SMILES string of the molecule is Cc1ccc(C(=O)OCn2ccc3c(S(=O)(=O)N4CCC(N)C4)cccc3c2=O)c(C)c1. The zero-order valence-corrected chi connectivity index (χ0v) is 18.8. The second kappa shape index (κ2) is 8.50. The van der Waals surface area contributed by atoms with E-state index in [0.29, 0.717) is 23.9 Å². The van der Waals surface area contributed by atoms with Crippen molar-refractivity contribution in [1.29, 1.82) is 0 Å². The van der Waals surface area contributed by atoms with E-state index in [-0.39, 0.29) is 29.6 Å². The molecular weight excluding hydrogens is 430 g/mol. The van der Waals surface area contributed by atoms with Crippen molar-refractivity contribution in [3.05, 3.63) is 75.7 Å². The van der Waals surface area contributed by atoms with Crippen LogP contribution in [0.4, 0.5) is 0 Å². The normalized spacial score (nSPS) is 17.0. The number of ether oxygens (including phenoxy) is 1. The van der Waals surface area contributed by atoms with Crippen molar-refractivity contribution in [3.8, 4) is 0 Å². The Morgan fingerprint density at radius 3 is 2.62 bits per heavy atom. The van der Waals surface area contributed by atoms with Gasteiger partial charge in [-0.1, -0.05) is 23.8 Å². The second-order valence-corrected chi connectivity index (χ2v) is 10.0. The fourth-order valence-corrected chi connectivity index (χ4v) is 5.69. The quantitative estimate of drug-likeness (QED) is 0.590. The van der Waals surface area contributed by atoms with Gasteiger partial charge in [-0.15, -0.1) is 0 Å². The molecule has 1 unspecified atom stereocenters. The highest BCUT2D eigenvalue weighted by Gasteiger charge is 2.32. The Kier molecular flexibility index (Phi) is 5.89. The van der Waals surface area contributed by atoms with Crippen LogP contribution in [-0.2, 0) is 21.5 Å². The number of hydrogen-bond donors (Lipinski definition) is 1. The number of hydrogen-bond acceptors (Lipinski definition) is 6. The number of nitrogens with two attached hydrogens (primary N) is 1. The number of aryl methyl sites for hydroxylation is 2. The van der Waals surface area contributed by atoms with Crippen molar-refractivity contribution in [2.75, 3.05) is 13.1 Å². The molecule has 4 rings (SSSR count). The van der Waals surface area contributed by atoms with Crippen LogP contribution in [0.5, 0.6) is 0 Å². The van der Waals surface area contributed by atoms with Crippen LogP contribution in [0.25, 0.3) is 10.8 Å². The second-order valence-electron chi connectivity index (χ2n) is 8.10. The largest absolute Gasteiger partial charge is 0.440 e. The molecule has 2 heterocycles. The smallest absolute Gasteiger partial charge is 0.340 e. The van der Waals surface area contributed by atoms with Crippen molar-refractivity contribution in [3.63, 3.8) is 0 Å². The molecule has 0 aliphatic carbocycles. The average molecular weight is 456 g/mol. The van der Waals surface area contributed by atoms with E-state index in [9.17, 15) is 18.0 Å². The van der Waals surface area contributed by atoms with Crippen LogP contribution in [0.3, 0.4) is 0 Å². The number of benzene rings is 2. The minimum atomic E-state index is -3.78. The third kappa shape index (κ3) is 4.06. The number of fused-ring (bicyclic) bond motifs is 1. The van der Waals surface area contributed by atoms with Gasteiger partial charge < -0.3 is 10.5 Å². The molecule has 1 aromatic heterocycles. The van der Waals surface area contributed by atoms with E-state index in [1.807, 2.05) is 26.0 Å². The fourth-order valence-electron chi connectivity index (χ4n) is 3.98. The number of esters is 1. The maximum atomic E-state index is 13.1. The van der Waals surface area contributed by atoms with Crippen LogP contribution >= 0.6 is 0 Å². The van der Waals surface area contributed by atoms with Crippen molar-refractivity contribution in [2.24, 2.45) is 5.73 Å². The Bertz CT molecular complexity index is 1360. The number of rotatable bonds is 5. The van der Waals surface area contributed by atoms with Crippen LogP contribution < -0.4 is 11.3 Å². The number of aromatic nitrogens is 1. The first-order chi connectivity index (χ1) is 15.2. The van der Waals surface area contributed by atoms with Crippen LogP contribution in [0.2, 0.25) is 0 Å². The Morgan fingerprint density at radius 2 is 1.94 bits per heavy atom. The number of carbonyl (C=O) groups is 1. The minimum Gasteiger partial charge on any atom is -0.440 e. The highest BCUT2D eigenvalue weighted by molar-refractivity contribution is 7.89. The van der Waals surface area contributed by atoms with Gasteiger partial charge in [0, 0.05) is 36.1 Å². The lowest BCUT2D eigenvalue weighted by Gasteiger charge is -2.17. The fraction of sp³-hybridized carbons (Fsp3) is 0.304. The van der Waals surface area contributed by atoms with Gasteiger partial charge in [0.25, 0.3) is 5.56 Å². The van der Waals surface area contributed by atoms with Gasteiger partial charge in [-0.2, -0.15) is 4.31 Å². The third-order valence-corrected chi connectivity index (χ3v) is 7.64. The zero-order valence-electron chi connectivity index (χ0n) is 17.9. The van der Waals surface area contributed by atoms with Gasteiger partial charge >= 0.3 is 5.97 Å². The molecule has 32 heavy (non-hydrogen) atoms. The lowest BCUT2D eigenvalue weighted by Crippen LogP contribution is -2.32. The Hall–Kier alpha value is -3.01. The lowest BCUT2D eigenvalue weighted by molar-refractivity contribution is 0.0366. The van der Waals surface area contributed by atoms with Crippen LogP contribution in [0.15, 0.2) is 58.4 Å². The van der Waals surface area contributed by atoms with Gasteiger partial charge in [0.15, 0.2) is 6.73 Å². The molecule has 168 valence electrons. The van der Waals surface area contributed by atoms with Gasteiger partial charge in [-0.05, 0) is 50.1 Å². The average Bonchev–Trinajstić information content (AvgIpc) is 3.20. The molecule has 2 N–H and O–H groups in total. The van der Waals surface area contributed by atoms with Crippen molar-refractivity contribution >= 4 is 26.8 Å². The molecule has 1 saturated heterocycles. The minimum absolute atomic E-state index is 0.0700. The van der Waals surface area contributed by atoms with Crippen molar-refractivity contribution in [2.45, 2.75) is 37.9 Å². The highest BCUT2D eigenvalue weighted by atomic mass is 32.2. The topological polar surface area (TPSA) is 112 Å². The predicted molar refractivity (Wildman–Crippen MR) is 121 cm³/mol. The third-order valence-electron chi connectivity index (χ3n) is 5.72. The number of nitrogens with zero attached hydrogens (tertiary/aromatic N) is 2. The van der Waals surface area contributed by atoms with E-state index < -0.39 is 21.6 Å². The van der Waals surface area contributed by atoms with E-state index in [0.717, 1.165) is 11.1 Å². The zero-order chi connectivity index (χ0) is 23.0. The maximum absolute atomic E-state index is 13.1. The molecule has 1 aliphatic rings. The molecule has 3 aromatic rings. The van der Waals surface area contributed by atoms with Gasteiger partial charge in [0.1, 0.15) is 0 Å². The van der Waals surface area contributed by atoms with Gasteiger partial charge in [0.2, 0.25) is 10.0 Å². The van der Waals surface area contributed by atoms with Crippen molar-refractivity contribution in [1.82, 2.24) is 8.87 Å². The Labute approximate surface area is 186 Å². The van der Waals surface area contributed by atoms with Gasteiger partial charge in [-0.25, -0.2) is 13.2 Å². The number of sulfonamides is 1. The summed E-state index contributed by atoms with van der Waals surface area (Å²) in [5, 5.41) is 0.564. The summed E-state index contributed by atoms with van der Waals surface area (Å²) in [5.74, 6) is -0.531. The van der Waals surface area contributed by atoms with E-state index in [1.54, 1.807) is 24.3 Å². The summed E-state index contributed by atoms with van der Waals surface area (Å²) in [5.41, 5.74) is 7.69. The summed E-state index contributed by atoms with van der Waals surface area (Å²) in [7, 11) is -3.78. The summed E-state index contributed by atoms with van der Waals surface area (Å²) in [6, 6.07) is 11.4. The first-order valence-electron chi connectivity index (χ1n) is 10.3. The van der Waals surface area contributed by atoms with E-state index >= 15 is 0 Å². The standard InChI is InChI=1S/C23H25N3O5S/c1-15-6-7-18(16(2)12-15)23(28)31-14-25-10-9-19-20(22(25)27)4-3-5-21(19)32(29,30)26-11-8-17(24)13-26/h3-7,9-10,12,17H,8,11,13-14,24H2,1-2H3. The van der Waals surface area contributed by atoms with E-state index in [4.69, 9.17) is 10.5 Å². The molecule has 0 amide bonds. The van der Waals surface area contributed by atoms with Crippen LogP contribution in [0.1, 0.15) is 27.9 Å². The highest BCUT2D eigenvalue weighted by Crippen LogP contribution is 2.26. The summed E-state index contributed by atoms with van der Waals surface area (Å²) in [6.07, 6.45) is 2.04. The molecule has 9 heteroatoms. The van der Waals surface area contributed by atoms with E-state index in [1.165, 1.54) is 21.1 Å². The molecule has 0 saturated carbocycles. The molecule has 8 nitrogen and oxygen atoms in total. The molecular formula is C23H25N3O5S. The van der Waals surface area contributed by atoms with Gasteiger partial charge in [-0.3, -0.25) is 9.36 Å². The van der Waals surface area contributed by atoms with Crippen LogP contribution in [-0.4, -0.2) is 42.4 Å². The Morgan fingerprint density at radius 1 is 1.16 bits per heavy atom. The summed E-state index contributed by atoms with van der Waals surface area (Å²) in [6.45, 7) is 4.08. The lowest BCUT2D eigenvalue weighted by atomic mass is 10.1. The summed E-state index contributed by atoms with van der Waals surface area (Å²) < 4.78 is 34.2. The molecule has 0 bridgehead atoms. The monoisotopic (exact) mass is 455 g/mol. The maximum Gasteiger partial charge on any atom is 0.340 e. The first-order valence-corrected chi connectivity index (χ1v) is 11.7. The first kappa shape index (κ1) is 22.2. The summed E-state index contributed by atoms with van der Waals surface area (Å²) in [4.78, 5) is 25.5. The molecule has 1 fully saturated rings. The molecule has 1 atom stereocenters. The number of pyridine rings is 1. The predicted octanol–water partition coefficient (Wildman–Crippen LogP) is 2.15. The molecule has 1 aliphatic heterocycles.